The van der Waals surface area contributed by atoms with E-state index in [9.17, 15) is 18.0 Å². The van der Waals surface area contributed by atoms with Crippen molar-refractivity contribution >= 4 is 21.7 Å². The molecule has 0 spiro atoms. The smallest absolute Gasteiger partial charge is 0.318 e. The number of rotatable bonds is 8. The Morgan fingerprint density at radius 3 is 2.00 bits per heavy atom. The lowest BCUT2D eigenvalue weighted by atomic mass is 9.91. The summed E-state index contributed by atoms with van der Waals surface area (Å²) in [5.74, 6) is -1.28. The van der Waals surface area contributed by atoms with Gasteiger partial charge in [-0.3, -0.25) is 9.59 Å². The van der Waals surface area contributed by atoms with Crippen molar-refractivity contribution in [2.45, 2.75) is 32.2 Å². The van der Waals surface area contributed by atoms with Gasteiger partial charge < -0.3 is 9.64 Å². The van der Waals surface area contributed by atoms with Crippen LogP contribution < -0.4 is 0 Å². The first kappa shape index (κ1) is 23.0. The molecule has 1 aliphatic rings. The van der Waals surface area contributed by atoms with Crippen LogP contribution in [-0.2, 0) is 24.2 Å². The van der Waals surface area contributed by atoms with E-state index in [4.69, 9.17) is 4.74 Å². The van der Waals surface area contributed by atoms with Crippen LogP contribution in [0.25, 0.3) is 0 Å². The topological polar surface area (TPSA) is 80.8 Å². The maximum Gasteiger partial charge on any atom is 0.318 e. The van der Waals surface area contributed by atoms with Gasteiger partial charge >= 0.3 is 5.97 Å². The number of carbonyl (C=O) groups is 2. The molecule has 1 amide bonds. The van der Waals surface area contributed by atoms with Gasteiger partial charge in [0.1, 0.15) is 5.92 Å². The van der Waals surface area contributed by atoms with E-state index in [0.29, 0.717) is 13.0 Å². The Kier molecular flexibility index (Phi) is 7.49. The summed E-state index contributed by atoms with van der Waals surface area (Å²) in [5, 5.41) is 0. The summed E-state index contributed by atoms with van der Waals surface area (Å²) >= 11 is 0. The van der Waals surface area contributed by atoms with Crippen LogP contribution in [0.1, 0.15) is 37.3 Å². The second-order valence-electron chi connectivity index (χ2n) is 8.36. The number of hydrogen-bond acceptors (Lipinski definition) is 5. The zero-order valence-corrected chi connectivity index (χ0v) is 18.8. The summed E-state index contributed by atoms with van der Waals surface area (Å²) in [5.41, 5.74) is 1.57. The van der Waals surface area contributed by atoms with Crippen LogP contribution in [0, 0.1) is 5.92 Å². The molecule has 1 heterocycles. The highest BCUT2D eigenvalue weighted by Crippen LogP contribution is 2.26. The number of sulfone groups is 1. The van der Waals surface area contributed by atoms with Crippen molar-refractivity contribution in [3.8, 4) is 0 Å². The number of esters is 1. The molecule has 31 heavy (non-hydrogen) atoms. The van der Waals surface area contributed by atoms with E-state index >= 15 is 0 Å². The van der Waals surface area contributed by atoms with E-state index in [-0.39, 0.29) is 29.4 Å². The first-order chi connectivity index (χ1) is 14.8. The zero-order chi connectivity index (χ0) is 22.4. The van der Waals surface area contributed by atoms with Gasteiger partial charge in [0.05, 0.1) is 11.5 Å². The fourth-order valence-electron chi connectivity index (χ4n) is 3.92. The highest BCUT2D eigenvalue weighted by atomic mass is 32.2. The maximum absolute atomic E-state index is 13.0. The second-order valence-corrected chi connectivity index (χ2v) is 10.6. The van der Waals surface area contributed by atoms with E-state index in [0.717, 1.165) is 11.1 Å². The molecule has 0 saturated carbocycles. The summed E-state index contributed by atoms with van der Waals surface area (Å²) in [7, 11) is -3.13. The standard InChI is InChI=1S/C24H29NO5S/c1-18(2)15-25(21-13-14-31(28,29)17-21)22(26)16-30-24(27)23(19-9-5-3-6-10-19)20-11-7-4-8-12-20/h3-12,18,21,23H,13-17H2,1-2H3/t21-/m1/s1. The van der Waals surface area contributed by atoms with Crippen molar-refractivity contribution in [3.05, 3.63) is 71.8 Å². The highest BCUT2D eigenvalue weighted by molar-refractivity contribution is 7.91. The van der Waals surface area contributed by atoms with Crippen LogP contribution in [0.4, 0.5) is 0 Å². The molecule has 166 valence electrons. The van der Waals surface area contributed by atoms with Gasteiger partial charge in [-0.2, -0.15) is 0 Å². The Morgan fingerprint density at radius 2 is 1.55 bits per heavy atom. The molecule has 1 fully saturated rings. The number of hydrogen-bond donors (Lipinski definition) is 0. The molecule has 3 rings (SSSR count). The van der Waals surface area contributed by atoms with Crippen LogP contribution in [-0.4, -0.2) is 55.9 Å². The van der Waals surface area contributed by atoms with Gasteiger partial charge in [0.2, 0.25) is 0 Å². The van der Waals surface area contributed by atoms with Gasteiger partial charge in [0, 0.05) is 12.6 Å². The van der Waals surface area contributed by atoms with Crippen LogP contribution in [0.15, 0.2) is 60.7 Å². The van der Waals surface area contributed by atoms with Gasteiger partial charge in [0.15, 0.2) is 16.4 Å². The van der Waals surface area contributed by atoms with Crippen LogP contribution >= 0.6 is 0 Å². The molecule has 0 unspecified atom stereocenters. The molecule has 2 aromatic carbocycles. The Balaban J connectivity index is 1.73. The lowest BCUT2D eigenvalue weighted by Crippen LogP contribution is -2.45. The molecule has 0 bridgehead atoms. The molecule has 0 radical (unpaired) electrons. The monoisotopic (exact) mass is 443 g/mol. The summed E-state index contributed by atoms with van der Waals surface area (Å²) in [6.07, 6.45) is 0.422. The third-order valence-corrected chi connectivity index (χ3v) is 7.12. The van der Waals surface area contributed by atoms with Gasteiger partial charge in [-0.1, -0.05) is 74.5 Å². The Morgan fingerprint density at radius 1 is 1.00 bits per heavy atom. The predicted molar refractivity (Wildman–Crippen MR) is 119 cm³/mol. The van der Waals surface area contributed by atoms with E-state index in [1.54, 1.807) is 4.90 Å². The molecule has 2 aromatic rings. The van der Waals surface area contributed by atoms with Gasteiger partial charge in [-0.25, -0.2) is 8.42 Å². The van der Waals surface area contributed by atoms with Gasteiger partial charge in [-0.15, -0.1) is 0 Å². The van der Waals surface area contributed by atoms with Crippen molar-refractivity contribution < 1.29 is 22.7 Å². The molecule has 1 atom stereocenters. The van der Waals surface area contributed by atoms with Crippen LogP contribution in [0.5, 0.6) is 0 Å². The molecular formula is C24H29NO5S. The molecule has 7 heteroatoms. The maximum atomic E-state index is 13.0. The minimum absolute atomic E-state index is 0.0317. The summed E-state index contributed by atoms with van der Waals surface area (Å²) in [4.78, 5) is 27.5. The van der Waals surface area contributed by atoms with Crippen molar-refractivity contribution in [1.82, 2.24) is 4.90 Å². The number of benzene rings is 2. The fraction of sp³-hybridized carbons (Fsp3) is 0.417. The number of amides is 1. The normalized spacial score (nSPS) is 17.6. The van der Waals surface area contributed by atoms with E-state index in [2.05, 4.69) is 0 Å². The van der Waals surface area contributed by atoms with Crippen molar-refractivity contribution in [2.24, 2.45) is 5.92 Å². The Hall–Kier alpha value is -2.67. The average Bonchev–Trinajstić information content (AvgIpc) is 3.11. The number of carbonyl (C=O) groups excluding carboxylic acids is 2. The molecule has 1 saturated heterocycles. The minimum Gasteiger partial charge on any atom is -0.455 e. The number of nitrogens with zero attached hydrogens (tertiary/aromatic N) is 1. The Labute approximate surface area is 184 Å². The lowest BCUT2D eigenvalue weighted by Gasteiger charge is -2.30. The summed E-state index contributed by atoms with van der Waals surface area (Å²) in [6.45, 7) is 3.96. The Bertz CT molecular complexity index is 950. The van der Waals surface area contributed by atoms with Crippen molar-refractivity contribution in [1.29, 1.82) is 0 Å². The van der Waals surface area contributed by atoms with E-state index in [1.807, 2.05) is 74.5 Å². The molecule has 6 nitrogen and oxygen atoms in total. The minimum atomic E-state index is -3.13. The number of ether oxygens (including phenoxy) is 1. The molecule has 0 aliphatic carbocycles. The van der Waals surface area contributed by atoms with Crippen LogP contribution in [0.3, 0.4) is 0 Å². The van der Waals surface area contributed by atoms with Crippen molar-refractivity contribution in [3.63, 3.8) is 0 Å². The fourth-order valence-corrected chi connectivity index (χ4v) is 5.65. The molecule has 0 N–H and O–H groups in total. The third-order valence-electron chi connectivity index (χ3n) is 5.37. The quantitative estimate of drug-likeness (QED) is 0.586. The third kappa shape index (κ3) is 6.17. The predicted octanol–water partition coefficient (Wildman–Crippen LogP) is 3.03. The largest absolute Gasteiger partial charge is 0.455 e. The lowest BCUT2D eigenvalue weighted by molar-refractivity contribution is -0.153. The van der Waals surface area contributed by atoms with E-state index < -0.39 is 28.3 Å². The first-order valence-electron chi connectivity index (χ1n) is 10.5. The van der Waals surface area contributed by atoms with Crippen LogP contribution in [0.2, 0.25) is 0 Å². The molecular weight excluding hydrogens is 414 g/mol. The summed E-state index contributed by atoms with van der Waals surface area (Å²) in [6, 6.07) is 18.2. The van der Waals surface area contributed by atoms with E-state index in [1.165, 1.54) is 0 Å². The van der Waals surface area contributed by atoms with Gasteiger partial charge in [0.25, 0.3) is 5.91 Å². The van der Waals surface area contributed by atoms with Gasteiger partial charge in [-0.05, 0) is 23.5 Å². The highest BCUT2D eigenvalue weighted by Gasteiger charge is 2.35. The molecule has 0 aromatic heterocycles. The zero-order valence-electron chi connectivity index (χ0n) is 17.9. The van der Waals surface area contributed by atoms with Crippen molar-refractivity contribution in [2.75, 3.05) is 24.7 Å². The SMILES string of the molecule is CC(C)CN(C(=O)COC(=O)C(c1ccccc1)c1ccccc1)[C@@H]1CCS(=O)(=O)C1. The first-order valence-corrected chi connectivity index (χ1v) is 12.4. The second kappa shape index (κ2) is 10.1. The summed E-state index contributed by atoms with van der Waals surface area (Å²) < 4.78 is 29.3. The average molecular weight is 444 g/mol. The molecule has 1 aliphatic heterocycles.